The molecule has 1 aromatic heterocycles. The molecule has 0 saturated heterocycles. The van der Waals surface area contributed by atoms with Crippen LogP contribution in [0.3, 0.4) is 0 Å². The summed E-state index contributed by atoms with van der Waals surface area (Å²) >= 11 is 1.51. The maximum atomic E-state index is 12.8. The fourth-order valence-electron chi connectivity index (χ4n) is 2.32. The van der Waals surface area contributed by atoms with E-state index in [4.69, 9.17) is 5.11 Å². The summed E-state index contributed by atoms with van der Waals surface area (Å²) in [6, 6.07) is 6.26. The molecule has 1 aromatic carbocycles. The first kappa shape index (κ1) is 13.1. The van der Waals surface area contributed by atoms with E-state index in [1.807, 2.05) is 0 Å². The standard InChI is InChI=1S/C14H13FN2O2S/c15-9-3-1-8(2-4-9)7-16-14-17-12-10(13(18)19)5-6-11(12)20-14/h1-4,10H,5-7H2,(H,16,17)(H,18,19). The van der Waals surface area contributed by atoms with Gasteiger partial charge in [0, 0.05) is 11.4 Å². The topological polar surface area (TPSA) is 62.2 Å². The van der Waals surface area contributed by atoms with Crippen molar-refractivity contribution in [2.75, 3.05) is 5.32 Å². The molecule has 0 radical (unpaired) electrons. The summed E-state index contributed by atoms with van der Waals surface area (Å²) in [5.41, 5.74) is 1.65. The lowest BCUT2D eigenvalue weighted by Crippen LogP contribution is -2.09. The quantitative estimate of drug-likeness (QED) is 0.909. The highest BCUT2D eigenvalue weighted by molar-refractivity contribution is 7.15. The van der Waals surface area contributed by atoms with E-state index in [0.29, 0.717) is 18.7 Å². The molecule has 3 rings (SSSR count). The molecule has 1 atom stereocenters. The molecule has 0 amide bonds. The number of thiazole rings is 1. The minimum absolute atomic E-state index is 0.258. The number of carboxylic acids is 1. The largest absolute Gasteiger partial charge is 0.481 e. The van der Waals surface area contributed by atoms with Crippen molar-refractivity contribution in [1.82, 2.24) is 4.98 Å². The van der Waals surface area contributed by atoms with Gasteiger partial charge in [0.2, 0.25) is 0 Å². The first-order valence-corrected chi connectivity index (χ1v) is 7.16. The normalized spacial score (nSPS) is 16.9. The van der Waals surface area contributed by atoms with Gasteiger partial charge in [0.15, 0.2) is 5.13 Å². The number of nitrogens with one attached hydrogen (secondary N) is 1. The Bertz CT molecular complexity index is 639. The number of aromatic nitrogens is 1. The third-order valence-corrected chi connectivity index (χ3v) is 4.46. The lowest BCUT2D eigenvalue weighted by Gasteiger charge is -2.04. The molecule has 0 fully saturated rings. The molecule has 0 spiro atoms. The molecular weight excluding hydrogens is 279 g/mol. The smallest absolute Gasteiger partial charge is 0.312 e. The minimum Gasteiger partial charge on any atom is -0.481 e. The summed E-state index contributed by atoms with van der Waals surface area (Å²) < 4.78 is 12.8. The fraction of sp³-hybridized carbons (Fsp3) is 0.286. The Labute approximate surface area is 119 Å². The number of hydrogen-bond donors (Lipinski definition) is 2. The van der Waals surface area contributed by atoms with Crippen molar-refractivity contribution in [3.8, 4) is 0 Å². The summed E-state index contributed by atoms with van der Waals surface area (Å²) in [5, 5.41) is 13.0. The van der Waals surface area contributed by atoms with Crippen molar-refractivity contribution in [3.05, 3.63) is 46.2 Å². The van der Waals surface area contributed by atoms with Crippen LogP contribution in [-0.4, -0.2) is 16.1 Å². The van der Waals surface area contributed by atoms with Gasteiger partial charge in [-0.25, -0.2) is 9.37 Å². The highest BCUT2D eigenvalue weighted by atomic mass is 32.1. The number of aryl methyl sites for hydroxylation is 1. The van der Waals surface area contributed by atoms with E-state index in [1.54, 1.807) is 12.1 Å². The number of hydrogen-bond acceptors (Lipinski definition) is 4. The van der Waals surface area contributed by atoms with Gasteiger partial charge in [0.1, 0.15) is 11.7 Å². The van der Waals surface area contributed by atoms with Crippen LogP contribution in [-0.2, 0) is 17.8 Å². The Morgan fingerprint density at radius 3 is 2.90 bits per heavy atom. The second-order valence-electron chi connectivity index (χ2n) is 4.74. The molecule has 0 saturated carbocycles. The molecule has 4 nitrogen and oxygen atoms in total. The first-order valence-electron chi connectivity index (χ1n) is 6.34. The van der Waals surface area contributed by atoms with E-state index < -0.39 is 11.9 Å². The molecule has 20 heavy (non-hydrogen) atoms. The Morgan fingerprint density at radius 1 is 1.45 bits per heavy atom. The molecule has 1 aliphatic carbocycles. The molecule has 0 aliphatic heterocycles. The van der Waals surface area contributed by atoms with Crippen LogP contribution >= 0.6 is 11.3 Å². The molecule has 2 N–H and O–H groups in total. The van der Waals surface area contributed by atoms with Crippen molar-refractivity contribution < 1.29 is 14.3 Å². The molecule has 0 bridgehead atoms. The Hall–Kier alpha value is -1.95. The first-order chi connectivity index (χ1) is 9.63. The SMILES string of the molecule is O=C(O)C1CCc2sc(NCc3ccc(F)cc3)nc21. The number of anilines is 1. The van der Waals surface area contributed by atoms with Crippen molar-refractivity contribution in [2.24, 2.45) is 0 Å². The Balaban J connectivity index is 1.69. The third kappa shape index (κ3) is 2.51. The zero-order valence-electron chi connectivity index (χ0n) is 10.6. The summed E-state index contributed by atoms with van der Waals surface area (Å²) in [5.74, 6) is -1.53. The van der Waals surface area contributed by atoms with Gasteiger partial charge < -0.3 is 10.4 Å². The van der Waals surface area contributed by atoms with Crippen LogP contribution in [0.1, 0.15) is 28.5 Å². The fourth-order valence-corrected chi connectivity index (χ4v) is 3.36. The van der Waals surface area contributed by atoms with Gasteiger partial charge in [-0.05, 0) is 30.5 Å². The molecule has 6 heteroatoms. The Kier molecular flexibility index (Phi) is 3.40. The van der Waals surface area contributed by atoms with E-state index in [0.717, 1.165) is 22.0 Å². The van der Waals surface area contributed by atoms with Crippen LogP contribution in [0.15, 0.2) is 24.3 Å². The van der Waals surface area contributed by atoms with Gasteiger partial charge >= 0.3 is 5.97 Å². The van der Waals surface area contributed by atoms with Gasteiger partial charge in [0.05, 0.1) is 5.69 Å². The maximum absolute atomic E-state index is 12.8. The second kappa shape index (κ2) is 5.20. The van der Waals surface area contributed by atoms with Crippen LogP contribution in [0.4, 0.5) is 9.52 Å². The highest BCUT2D eigenvalue weighted by Gasteiger charge is 2.32. The number of benzene rings is 1. The van der Waals surface area contributed by atoms with Crippen molar-refractivity contribution in [1.29, 1.82) is 0 Å². The van der Waals surface area contributed by atoms with Gasteiger partial charge in [-0.1, -0.05) is 12.1 Å². The van der Waals surface area contributed by atoms with Crippen LogP contribution < -0.4 is 5.32 Å². The number of nitrogens with zero attached hydrogens (tertiary/aromatic N) is 1. The van der Waals surface area contributed by atoms with Crippen molar-refractivity contribution in [2.45, 2.75) is 25.3 Å². The average molecular weight is 292 g/mol. The molecule has 1 heterocycles. The van der Waals surface area contributed by atoms with Crippen molar-refractivity contribution >= 4 is 22.4 Å². The lowest BCUT2D eigenvalue weighted by atomic mass is 10.1. The molecule has 104 valence electrons. The minimum atomic E-state index is -0.806. The average Bonchev–Trinajstić information content (AvgIpc) is 2.97. The maximum Gasteiger partial charge on any atom is 0.312 e. The van der Waals surface area contributed by atoms with E-state index in [1.165, 1.54) is 23.5 Å². The molecule has 1 unspecified atom stereocenters. The molecule has 1 aliphatic rings. The van der Waals surface area contributed by atoms with Gasteiger partial charge in [-0.15, -0.1) is 11.3 Å². The van der Waals surface area contributed by atoms with Gasteiger partial charge in [-0.3, -0.25) is 4.79 Å². The lowest BCUT2D eigenvalue weighted by molar-refractivity contribution is -0.138. The highest BCUT2D eigenvalue weighted by Crippen LogP contribution is 2.38. The molecular formula is C14H13FN2O2S. The van der Waals surface area contributed by atoms with Gasteiger partial charge in [-0.2, -0.15) is 0 Å². The van der Waals surface area contributed by atoms with E-state index in [9.17, 15) is 9.18 Å². The van der Waals surface area contributed by atoms with Gasteiger partial charge in [0.25, 0.3) is 0 Å². The number of carbonyl (C=O) groups is 1. The number of fused-ring (bicyclic) bond motifs is 1. The Morgan fingerprint density at radius 2 is 2.20 bits per heavy atom. The van der Waals surface area contributed by atoms with Crippen molar-refractivity contribution in [3.63, 3.8) is 0 Å². The van der Waals surface area contributed by atoms with E-state index in [2.05, 4.69) is 10.3 Å². The zero-order valence-corrected chi connectivity index (χ0v) is 11.4. The second-order valence-corrected chi connectivity index (χ2v) is 5.82. The zero-order chi connectivity index (χ0) is 14.1. The van der Waals surface area contributed by atoms with Crippen LogP contribution in [0, 0.1) is 5.82 Å². The number of rotatable bonds is 4. The van der Waals surface area contributed by atoms with Crippen LogP contribution in [0.5, 0.6) is 0 Å². The molecule has 2 aromatic rings. The number of halogens is 1. The monoisotopic (exact) mass is 292 g/mol. The summed E-state index contributed by atoms with van der Waals surface area (Å²) in [4.78, 5) is 16.5. The summed E-state index contributed by atoms with van der Waals surface area (Å²) in [6.45, 7) is 0.546. The van der Waals surface area contributed by atoms with E-state index >= 15 is 0 Å². The van der Waals surface area contributed by atoms with Crippen LogP contribution in [0.2, 0.25) is 0 Å². The summed E-state index contributed by atoms with van der Waals surface area (Å²) in [7, 11) is 0. The van der Waals surface area contributed by atoms with E-state index in [-0.39, 0.29) is 5.82 Å². The summed E-state index contributed by atoms with van der Waals surface area (Å²) in [6.07, 6.45) is 1.42. The predicted octanol–water partition coefficient (Wildman–Crippen LogP) is 3.01. The third-order valence-electron chi connectivity index (χ3n) is 3.37. The number of aliphatic carboxylic acids is 1. The predicted molar refractivity (Wildman–Crippen MR) is 74.5 cm³/mol. The van der Waals surface area contributed by atoms with Crippen LogP contribution in [0.25, 0.3) is 0 Å². The number of carboxylic acid groups (broad SMARTS) is 1.